The summed E-state index contributed by atoms with van der Waals surface area (Å²) in [5.74, 6) is 0.856. The number of hydrogen-bond donors (Lipinski definition) is 1. The van der Waals surface area contributed by atoms with Gasteiger partial charge in [0.15, 0.2) is 18.1 Å². The van der Waals surface area contributed by atoms with E-state index in [2.05, 4.69) is 5.32 Å². The normalized spacial score (nSPS) is 12.8. The van der Waals surface area contributed by atoms with Crippen LogP contribution in [0.4, 0.5) is 11.4 Å². The van der Waals surface area contributed by atoms with Gasteiger partial charge in [-0.15, -0.1) is 11.3 Å². The summed E-state index contributed by atoms with van der Waals surface area (Å²) in [5, 5.41) is 4.77. The number of carbonyl (C=O) groups excluding carboxylic acids is 2. The molecule has 2 heterocycles. The highest BCUT2D eigenvalue weighted by Crippen LogP contribution is 2.31. The number of fused-ring (bicyclic) bond motifs is 1. The summed E-state index contributed by atoms with van der Waals surface area (Å²) in [5.41, 5.74) is 2.64. The Morgan fingerprint density at radius 3 is 2.70 bits per heavy atom. The molecular formula is C23H22N2O4S. The fraction of sp³-hybridized carbons (Fsp3) is 0.217. The summed E-state index contributed by atoms with van der Waals surface area (Å²) in [6.45, 7) is 0.572. The fourth-order valence-electron chi connectivity index (χ4n) is 3.50. The first-order chi connectivity index (χ1) is 14.7. The average molecular weight is 423 g/mol. The molecule has 1 aliphatic rings. The van der Waals surface area contributed by atoms with Gasteiger partial charge in [-0.05, 0) is 60.2 Å². The molecule has 4 rings (SSSR count). The predicted octanol–water partition coefficient (Wildman–Crippen LogP) is 4.37. The van der Waals surface area contributed by atoms with Crippen molar-refractivity contribution in [3.63, 3.8) is 0 Å². The van der Waals surface area contributed by atoms with Crippen molar-refractivity contribution in [3.05, 3.63) is 70.4 Å². The van der Waals surface area contributed by atoms with Gasteiger partial charge >= 0.3 is 0 Å². The minimum atomic E-state index is -0.261. The van der Waals surface area contributed by atoms with E-state index in [4.69, 9.17) is 9.47 Å². The Bertz CT molecular complexity index is 1050. The van der Waals surface area contributed by atoms with E-state index in [1.54, 1.807) is 19.2 Å². The number of amides is 2. The van der Waals surface area contributed by atoms with Crippen LogP contribution in [0.5, 0.6) is 11.5 Å². The Balaban J connectivity index is 1.42. The van der Waals surface area contributed by atoms with E-state index in [-0.39, 0.29) is 18.4 Å². The molecule has 6 nitrogen and oxygen atoms in total. The van der Waals surface area contributed by atoms with Crippen LogP contribution >= 0.6 is 11.3 Å². The number of anilines is 2. The average Bonchev–Trinajstić information content (AvgIpc) is 3.32. The number of para-hydroxylation sites is 2. The van der Waals surface area contributed by atoms with Crippen LogP contribution < -0.4 is 19.7 Å². The summed E-state index contributed by atoms with van der Waals surface area (Å²) in [4.78, 5) is 27.7. The zero-order chi connectivity index (χ0) is 20.9. The Kier molecular flexibility index (Phi) is 5.99. The van der Waals surface area contributed by atoms with Gasteiger partial charge in [-0.3, -0.25) is 9.59 Å². The number of carbonyl (C=O) groups is 2. The van der Waals surface area contributed by atoms with Crippen molar-refractivity contribution < 1.29 is 19.1 Å². The highest BCUT2D eigenvalue weighted by Gasteiger charge is 2.24. The molecule has 0 unspecified atom stereocenters. The number of nitrogens with one attached hydrogen (secondary N) is 1. The van der Waals surface area contributed by atoms with Crippen molar-refractivity contribution in [2.75, 3.05) is 30.5 Å². The summed E-state index contributed by atoms with van der Waals surface area (Å²) >= 11 is 1.45. The molecule has 0 fully saturated rings. The van der Waals surface area contributed by atoms with Crippen molar-refractivity contribution in [1.29, 1.82) is 0 Å². The molecule has 0 atom stereocenters. The van der Waals surface area contributed by atoms with Crippen molar-refractivity contribution in [3.8, 4) is 11.5 Å². The second-order valence-corrected chi connectivity index (χ2v) is 7.82. The topological polar surface area (TPSA) is 67.9 Å². The fourth-order valence-corrected chi connectivity index (χ4v) is 4.17. The largest absolute Gasteiger partial charge is 0.493 e. The van der Waals surface area contributed by atoms with Crippen molar-refractivity contribution in [1.82, 2.24) is 0 Å². The van der Waals surface area contributed by atoms with Crippen molar-refractivity contribution in [2.45, 2.75) is 12.8 Å². The van der Waals surface area contributed by atoms with Crippen LogP contribution in [0.2, 0.25) is 0 Å². The maximum absolute atomic E-state index is 12.8. The third-order valence-electron chi connectivity index (χ3n) is 4.89. The van der Waals surface area contributed by atoms with Crippen LogP contribution in [0.3, 0.4) is 0 Å². The lowest BCUT2D eigenvalue weighted by atomic mass is 10.0. The van der Waals surface area contributed by atoms with E-state index in [0.29, 0.717) is 23.7 Å². The van der Waals surface area contributed by atoms with Gasteiger partial charge in [0.2, 0.25) is 0 Å². The SMILES string of the molecule is COc1ccccc1OCC(=O)Nc1ccc2c(c1)CCCN2C(=O)c1cccs1. The first kappa shape index (κ1) is 20.0. The molecule has 0 bridgehead atoms. The molecule has 3 aromatic rings. The number of methoxy groups -OCH3 is 1. The summed E-state index contributed by atoms with van der Waals surface area (Å²) in [6.07, 6.45) is 1.75. The lowest BCUT2D eigenvalue weighted by molar-refractivity contribution is -0.118. The number of ether oxygens (including phenoxy) is 2. The first-order valence-electron chi connectivity index (χ1n) is 9.69. The van der Waals surface area contributed by atoms with Gasteiger partial charge in [-0.2, -0.15) is 0 Å². The van der Waals surface area contributed by atoms with E-state index in [1.807, 2.05) is 52.7 Å². The van der Waals surface area contributed by atoms with Gasteiger partial charge in [0.1, 0.15) is 0 Å². The van der Waals surface area contributed by atoms with Gasteiger partial charge in [0.05, 0.1) is 12.0 Å². The molecule has 0 spiro atoms. The van der Waals surface area contributed by atoms with Crippen LogP contribution in [0.1, 0.15) is 21.7 Å². The van der Waals surface area contributed by atoms with E-state index >= 15 is 0 Å². The molecule has 0 saturated carbocycles. The highest BCUT2D eigenvalue weighted by atomic mass is 32.1. The highest BCUT2D eigenvalue weighted by molar-refractivity contribution is 7.12. The maximum Gasteiger partial charge on any atom is 0.268 e. The summed E-state index contributed by atoms with van der Waals surface area (Å²) in [6, 6.07) is 16.6. The molecule has 30 heavy (non-hydrogen) atoms. The van der Waals surface area contributed by atoms with Gasteiger partial charge < -0.3 is 19.7 Å². The Morgan fingerprint density at radius 2 is 1.93 bits per heavy atom. The molecule has 1 N–H and O–H groups in total. The third kappa shape index (κ3) is 4.31. The predicted molar refractivity (Wildman–Crippen MR) is 118 cm³/mol. The van der Waals surface area contributed by atoms with Crippen molar-refractivity contribution in [2.24, 2.45) is 0 Å². The standard InChI is InChI=1S/C23H22N2O4S/c1-28-19-7-2-3-8-20(19)29-15-22(26)24-17-10-11-18-16(14-17)6-4-12-25(18)23(27)21-9-5-13-30-21/h2-3,5,7-11,13-14H,4,6,12,15H2,1H3,(H,24,26). The smallest absolute Gasteiger partial charge is 0.268 e. The second-order valence-electron chi connectivity index (χ2n) is 6.87. The molecule has 1 aliphatic heterocycles. The van der Waals surface area contributed by atoms with E-state index in [1.165, 1.54) is 11.3 Å². The van der Waals surface area contributed by atoms with Crippen LogP contribution in [-0.4, -0.2) is 32.1 Å². The minimum absolute atomic E-state index is 0.0212. The molecule has 0 saturated heterocycles. The van der Waals surface area contributed by atoms with Crippen molar-refractivity contribution >= 4 is 34.5 Å². The van der Waals surface area contributed by atoms with Gasteiger partial charge in [0.25, 0.3) is 11.8 Å². The minimum Gasteiger partial charge on any atom is -0.493 e. The lowest BCUT2D eigenvalue weighted by Crippen LogP contribution is -2.35. The Labute approximate surface area is 179 Å². The van der Waals surface area contributed by atoms with E-state index < -0.39 is 0 Å². The molecule has 0 aliphatic carbocycles. The lowest BCUT2D eigenvalue weighted by Gasteiger charge is -2.29. The summed E-state index contributed by atoms with van der Waals surface area (Å²) in [7, 11) is 1.56. The van der Waals surface area contributed by atoms with E-state index in [0.717, 1.165) is 29.0 Å². The quantitative estimate of drug-likeness (QED) is 0.641. The Hall–Kier alpha value is -3.32. The van der Waals surface area contributed by atoms with Gasteiger partial charge in [-0.25, -0.2) is 0 Å². The number of rotatable bonds is 6. The number of thiophene rings is 1. The third-order valence-corrected chi connectivity index (χ3v) is 5.74. The second kappa shape index (κ2) is 9.00. The molecule has 2 amide bonds. The maximum atomic E-state index is 12.8. The molecule has 7 heteroatoms. The molecule has 2 aromatic carbocycles. The molecule has 154 valence electrons. The molecular weight excluding hydrogens is 400 g/mol. The number of nitrogens with zero attached hydrogens (tertiary/aromatic N) is 1. The van der Waals surface area contributed by atoms with Crippen LogP contribution in [-0.2, 0) is 11.2 Å². The number of hydrogen-bond acceptors (Lipinski definition) is 5. The monoisotopic (exact) mass is 422 g/mol. The Morgan fingerprint density at radius 1 is 1.10 bits per heavy atom. The van der Waals surface area contributed by atoms with Crippen LogP contribution in [0.25, 0.3) is 0 Å². The zero-order valence-electron chi connectivity index (χ0n) is 16.6. The van der Waals surface area contributed by atoms with E-state index in [9.17, 15) is 9.59 Å². The van der Waals surface area contributed by atoms with Crippen LogP contribution in [0.15, 0.2) is 60.0 Å². The van der Waals surface area contributed by atoms with Gasteiger partial charge in [0, 0.05) is 17.9 Å². The summed E-state index contributed by atoms with van der Waals surface area (Å²) < 4.78 is 10.8. The number of aryl methyl sites for hydroxylation is 1. The van der Waals surface area contributed by atoms with Gasteiger partial charge in [-0.1, -0.05) is 18.2 Å². The first-order valence-corrected chi connectivity index (χ1v) is 10.6. The molecule has 0 radical (unpaired) electrons. The van der Waals surface area contributed by atoms with Crippen LogP contribution in [0, 0.1) is 0 Å². The molecule has 1 aromatic heterocycles. The number of benzene rings is 2. The zero-order valence-corrected chi connectivity index (χ0v) is 17.4.